The quantitative estimate of drug-likeness (QED) is 0.238. The first-order chi connectivity index (χ1) is 13.7. The topological polar surface area (TPSA) is 79.7 Å². The SMILES string of the molecule is Nc1ncc2c(F)cc(-c3c(F)cc(F)c(F)c3F)n2n1.OC1CCCN(S)C1. The number of aliphatic hydroxyl groups excluding tert-OH is 1. The van der Waals surface area contributed by atoms with E-state index in [0.29, 0.717) is 0 Å². The highest BCUT2D eigenvalue weighted by Gasteiger charge is 2.24. The van der Waals surface area contributed by atoms with Crippen LogP contribution < -0.4 is 5.73 Å². The summed E-state index contributed by atoms with van der Waals surface area (Å²) in [6.07, 6.45) is 2.87. The molecule has 0 bridgehead atoms. The predicted octanol–water partition coefficient (Wildman–Crippen LogP) is 2.96. The maximum Gasteiger partial charge on any atom is 0.238 e. The van der Waals surface area contributed by atoms with Gasteiger partial charge in [-0.3, -0.25) is 4.31 Å². The second-order valence-electron chi connectivity index (χ2n) is 6.34. The highest BCUT2D eigenvalue weighted by Crippen LogP contribution is 2.31. The van der Waals surface area contributed by atoms with Crippen molar-refractivity contribution < 1.29 is 27.1 Å². The summed E-state index contributed by atoms with van der Waals surface area (Å²) in [5, 5.41) is 12.6. The normalized spacial score (nSPS) is 17.3. The molecule has 1 aliphatic heterocycles. The zero-order valence-electron chi connectivity index (χ0n) is 14.8. The van der Waals surface area contributed by atoms with Crippen LogP contribution >= 0.6 is 12.8 Å². The lowest BCUT2D eigenvalue weighted by Gasteiger charge is -2.24. The molecule has 1 aromatic carbocycles. The Morgan fingerprint density at radius 3 is 2.41 bits per heavy atom. The van der Waals surface area contributed by atoms with Crippen LogP contribution in [0.15, 0.2) is 18.3 Å². The van der Waals surface area contributed by atoms with Crippen molar-refractivity contribution in [3.8, 4) is 11.3 Å². The zero-order valence-corrected chi connectivity index (χ0v) is 15.7. The van der Waals surface area contributed by atoms with Gasteiger partial charge < -0.3 is 10.8 Å². The second kappa shape index (κ2) is 8.51. The minimum Gasteiger partial charge on any atom is -0.392 e. The summed E-state index contributed by atoms with van der Waals surface area (Å²) in [5.41, 5.74) is 3.70. The molecule has 1 atom stereocenters. The van der Waals surface area contributed by atoms with E-state index in [1.165, 1.54) is 0 Å². The van der Waals surface area contributed by atoms with E-state index in [2.05, 4.69) is 22.9 Å². The summed E-state index contributed by atoms with van der Waals surface area (Å²) in [4.78, 5) is 3.54. The maximum atomic E-state index is 13.8. The van der Waals surface area contributed by atoms with Gasteiger partial charge in [-0.1, -0.05) is 12.8 Å². The van der Waals surface area contributed by atoms with Crippen LogP contribution in [0, 0.1) is 29.1 Å². The summed E-state index contributed by atoms with van der Waals surface area (Å²) in [6, 6.07) is 0.887. The molecule has 1 fully saturated rings. The fourth-order valence-corrected chi connectivity index (χ4v) is 3.21. The van der Waals surface area contributed by atoms with E-state index < -0.39 is 40.3 Å². The molecule has 3 aromatic rings. The number of hydrogen-bond acceptors (Lipinski definition) is 6. The molecule has 0 amide bonds. The molecule has 3 N–H and O–H groups in total. The van der Waals surface area contributed by atoms with Gasteiger partial charge in [0.1, 0.15) is 11.3 Å². The van der Waals surface area contributed by atoms with Crippen LogP contribution in [-0.2, 0) is 0 Å². The number of rotatable bonds is 1. The van der Waals surface area contributed by atoms with Crippen molar-refractivity contribution in [1.29, 1.82) is 0 Å². The molecule has 6 nitrogen and oxygen atoms in total. The molecule has 29 heavy (non-hydrogen) atoms. The lowest BCUT2D eigenvalue weighted by molar-refractivity contribution is 0.113. The molecule has 1 saturated heterocycles. The summed E-state index contributed by atoms with van der Waals surface area (Å²) in [5.74, 6) is -7.93. The summed E-state index contributed by atoms with van der Waals surface area (Å²) >= 11 is 4.09. The molecule has 0 radical (unpaired) electrons. The smallest absolute Gasteiger partial charge is 0.238 e. The average molecular weight is 433 g/mol. The Balaban J connectivity index is 0.000000252. The van der Waals surface area contributed by atoms with Crippen molar-refractivity contribution in [2.75, 3.05) is 18.8 Å². The molecule has 0 saturated carbocycles. The maximum absolute atomic E-state index is 13.8. The third kappa shape index (κ3) is 4.43. The number of halogens is 5. The number of β-amino-alcohol motifs (C(OH)–C–C–N with tert-alkyl or cyclic N) is 1. The van der Waals surface area contributed by atoms with Gasteiger partial charge in [-0.05, 0) is 12.8 Å². The Morgan fingerprint density at radius 1 is 1.07 bits per heavy atom. The first-order valence-corrected chi connectivity index (χ1v) is 8.84. The van der Waals surface area contributed by atoms with Crippen LogP contribution in [0.25, 0.3) is 16.8 Å². The number of nitrogen functional groups attached to an aromatic ring is 1. The van der Waals surface area contributed by atoms with E-state index in [9.17, 15) is 22.0 Å². The van der Waals surface area contributed by atoms with E-state index in [4.69, 9.17) is 10.8 Å². The second-order valence-corrected chi connectivity index (χ2v) is 6.91. The number of anilines is 1. The number of aromatic nitrogens is 3. The monoisotopic (exact) mass is 433 g/mol. The van der Waals surface area contributed by atoms with Crippen molar-refractivity contribution >= 4 is 24.3 Å². The van der Waals surface area contributed by atoms with Crippen LogP contribution in [0.1, 0.15) is 12.8 Å². The van der Waals surface area contributed by atoms with Crippen molar-refractivity contribution in [3.05, 3.63) is 47.4 Å². The van der Waals surface area contributed by atoms with Crippen molar-refractivity contribution in [2.45, 2.75) is 18.9 Å². The Morgan fingerprint density at radius 2 is 1.79 bits per heavy atom. The first kappa shape index (κ1) is 21.3. The van der Waals surface area contributed by atoms with Crippen LogP contribution in [0.2, 0.25) is 0 Å². The minimum atomic E-state index is -1.87. The Hall–Kier alpha value is -2.44. The summed E-state index contributed by atoms with van der Waals surface area (Å²) in [7, 11) is 0. The zero-order chi connectivity index (χ0) is 21.3. The van der Waals surface area contributed by atoms with E-state index in [0.717, 1.165) is 42.7 Å². The number of nitrogens with zero attached hydrogens (tertiary/aromatic N) is 4. The van der Waals surface area contributed by atoms with Crippen molar-refractivity contribution in [2.24, 2.45) is 0 Å². The van der Waals surface area contributed by atoms with Gasteiger partial charge in [-0.15, -0.1) is 5.10 Å². The lowest BCUT2D eigenvalue weighted by Crippen LogP contribution is -2.31. The van der Waals surface area contributed by atoms with Gasteiger partial charge in [0.05, 0.1) is 23.6 Å². The van der Waals surface area contributed by atoms with Crippen LogP contribution in [0.5, 0.6) is 0 Å². The van der Waals surface area contributed by atoms with Crippen molar-refractivity contribution in [1.82, 2.24) is 18.9 Å². The Bertz CT molecular complexity index is 1040. The van der Waals surface area contributed by atoms with E-state index in [1.807, 2.05) is 4.31 Å². The number of benzene rings is 1. The van der Waals surface area contributed by atoms with E-state index in [-0.39, 0.29) is 23.6 Å². The largest absolute Gasteiger partial charge is 0.392 e. The molecule has 1 aliphatic rings. The average Bonchev–Trinajstić information content (AvgIpc) is 2.96. The molecule has 3 heterocycles. The van der Waals surface area contributed by atoms with Gasteiger partial charge in [0.2, 0.25) is 5.95 Å². The van der Waals surface area contributed by atoms with Crippen LogP contribution in [0.3, 0.4) is 0 Å². The van der Waals surface area contributed by atoms with E-state index >= 15 is 0 Å². The Labute approximate surface area is 167 Å². The van der Waals surface area contributed by atoms with Gasteiger partial charge in [0, 0.05) is 25.2 Å². The van der Waals surface area contributed by atoms with Gasteiger partial charge >= 0.3 is 0 Å². The van der Waals surface area contributed by atoms with Gasteiger partial charge in [-0.25, -0.2) is 31.5 Å². The molecular formula is C17H16F5N5OS. The molecule has 4 rings (SSSR count). The fourth-order valence-electron chi connectivity index (χ4n) is 2.88. The highest BCUT2D eigenvalue weighted by molar-refractivity contribution is 7.77. The summed E-state index contributed by atoms with van der Waals surface area (Å²) in [6.45, 7) is 1.74. The number of hydrogen-bond donors (Lipinski definition) is 3. The van der Waals surface area contributed by atoms with Gasteiger partial charge in [-0.2, -0.15) is 0 Å². The standard InChI is InChI=1S/C12H5F5N4.C5H11NOS/c13-4-2-7(21-8(4)3-19-12(18)20-21)9-5(14)1-6(15)10(16)11(9)17;7-5-2-1-3-6(8)4-5/h1-3H,(H2,18,20);5,7-8H,1-4H2. The number of aliphatic hydroxyl groups is 1. The predicted molar refractivity (Wildman–Crippen MR) is 98.4 cm³/mol. The minimum absolute atomic E-state index is 0.138. The van der Waals surface area contributed by atoms with Gasteiger partial charge in [0.15, 0.2) is 23.3 Å². The lowest BCUT2D eigenvalue weighted by atomic mass is 10.1. The number of nitrogens with two attached hydrogens (primary N) is 1. The molecule has 156 valence electrons. The third-order valence-corrected chi connectivity index (χ3v) is 4.59. The molecule has 1 unspecified atom stereocenters. The van der Waals surface area contributed by atoms with E-state index in [1.54, 1.807) is 0 Å². The van der Waals surface area contributed by atoms with Crippen LogP contribution in [0.4, 0.5) is 27.9 Å². The third-order valence-electron chi connectivity index (χ3n) is 4.23. The molecule has 12 heteroatoms. The molecule has 0 aliphatic carbocycles. The van der Waals surface area contributed by atoms with Crippen LogP contribution in [-0.4, -0.2) is 43.2 Å². The fraction of sp³-hybridized carbons (Fsp3) is 0.294. The Kier molecular flexibility index (Phi) is 6.24. The number of thiol groups is 1. The molecule has 2 aromatic heterocycles. The number of piperidine rings is 1. The molecular weight excluding hydrogens is 417 g/mol. The first-order valence-electron chi connectivity index (χ1n) is 8.44. The number of fused-ring (bicyclic) bond motifs is 1. The van der Waals surface area contributed by atoms with Crippen molar-refractivity contribution in [3.63, 3.8) is 0 Å². The summed E-state index contributed by atoms with van der Waals surface area (Å²) < 4.78 is 70.1. The molecule has 0 spiro atoms. The highest BCUT2D eigenvalue weighted by atomic mass is 32.1. The van der Waals surface area contributed by atoms with Gasteiger partial charge in [0.25, 0.3) is 0 Å².